The van der Waals surface area contributed by atoms with Crippen LogP contribution in [-0.4, -0.2) is 33.9 Å². The predicted octanol–water partition coefficient (Wildman–Crippen LogP) is 3.51. The van der Waals surface area contributed by atoms with Gasteiger partial charge in [0.25, 0.3) is 5.56 Å². The molecule has 1 N–H and O–H groups in total. The zero-order chi connectivity index (χ0) is 20.6. The largest absolute Gasteiger partial charge is 0.342 e. The highest BCUT2D eigenvalue weighted by Crippen LogP contribution is 2.43. The van der Waals surface area contributed by atoms with E-state index < -0.39 is 0 Å². The average molecular weight is 394 g/mol. The van der Waals surface area contributed by atoms with E-state index in [9.17, 15) is 9.59 Å². The van der Waals surface area contributed by atoms with Crippen molar-refractivity contribution < 1.29 is 4.79 Å². The highest BCUT2D eigenvalue weighted by molar-refractivity contribution is 5.76. The minimum atomic E-state index is -0.210. The third kappa shape index (κ3) is 3.87. The number of nitrogens with one attached hydrogen (secondary N) is 1. The number of nitrogens with zero attached hydrogens (tertiary/aromatic N) is 2. The summed E-state index contributed by atoms with van der Waals surface area (Å²) in [7, 11) is 0. The van der Waals surface area contributed by atoms with Gasteiger partial charge in [-0.25, -0.2) is 4.98 Å². The summed E-state index contributed by atoms with van der Waals surface area (Å²) in [6.45, 7) is 7.70. The fourth-order valence-electron chi connectivity index (χ4n) is 4.80. The van der Waals surface area contributed by atoms with E-state index >= 15 is 0 Å². The minimum absolute atomic E-state index is 0.00401. The van der Waals surface area contributed by atoms with E-state index in [1.807, 2.05) is 23.1 Å². The second-order valence-corrected chi connectivity index (χ2v) is 9.68. The van der Waals surface area contributed by atoms with E-state index in [1.165, 1.54) is 5.56 Å². The van der Waals surface area contributed by atoms with Crippen molar-refractivity contribution in [2.45, 2.75) is 70.1 Å². The van der Waals surface area contributed by atoms with Gasteiger partial charge in [-0.05, 0) is 37.7 Å². The maximum Gasteiger partial charge on any atom is 0.254 e. The number of H-pyrrole nitrogens is 1. The van der Waals surface area contributed by atoms with Crippen LogP contribution in [0.25, 0.3) is 0 Å². The van der Waals surface area contributed by atoms with E-state index in [1.54, 1.807) is 0 Å². The summed E-state index contributed by atoms with van der Waals surface area (Å²) in [5, 5.41) is 0. The summed E-state index contributed by atoms with van der Waals surface area (Å²) >= 11 is 0. The molecule has 29 heavy (non-hydrogen) atoms. The minimum Gasteiger partial charge on any atom is -0.342 e. The number of hydrogen-bond acceptors (Lipinski definition) is 3. The van der Waals surface area contributed by atoms with Crippen LogP contribution in [0.2, 0.25) is 0 Å². The molecule has 0 saturated carbocycles. The normalized spacial score (nSPS) is 21.4. The molecule has 2 aliphatic rings. The Labute approximate surface area is 172 Å². The molecule has 0 bridgehead atoms. The SMILES string of the molecule is CC(C)(C)c1nc2c(c(=O)[nH]1)CCC21CCCN(C(=O)CCc2ccccc2)C1. The fraction of sp³-hybridized carbons (Fsp3) is 0.542. The maximum absolute atomic E-state index is 13.0. The molecule has 1 atom stereocenters. The first-order valence-corrected chi connectivity index (χ1v) is 10.7. The van der Waals surface area contributed by atoms with Gasteiger partial charge in [-0.2, -0.15) is 0 Å². The van der Waals surface area contributed by atoms with Crippen molar-refractivity contribution in [3.63, 3.8) is 0 Å². The smallest absolute Gasteiger partial charge is 0.254 e. The Kier molecular flexibility index (Phi) is 5.09. The number of rotatable bonds is 3. The maximum atomic E-state index is 13.0. The fourth-order valence-corrected chi connectivity index (χ4v) is 4.80. The van der Waals surface area contributed by atoms with Crippen molar-refractivity contribution in [2.24, 2.45) is 0 Å². The number of fused-ring (bicyclic) bond motifs is 2. The third-order valence-corrected chi connectivity index (χ3v) is 6.48. The van der Waals surface area contributed by atoms with Crippen LogP contribution in [-0.2, 0) is 28.5 Å². The van der Waals surface area contributed by atoms with Gasteiger partial charge in [-0.3, -0.25) is 9.59 Å². The number of piperidine rings is 1. The van der Waals surface area contributed by atoms with Crippen LogP contribution in [0.15, 0.2) is 35.1 Å². The summed E-state index contributed by atoms with van der Waals surface area (Å²) in [5.41, 5.74) is 2.61. The zero-order valence-electron chi connectivity index (χ0n) is 17.8. The number of likely N-dealkylation sites (tertiary alicyclic amines) is 1. The summed E-state index contributed by atoms with van der Waals surface area (Å²) in [6, 6.07) is 10.2. The van der Waals surface area contributed by atoms with Crippen molar-refractivity contribution in [1.82, 2.24) is 14.9 Å². The lowest BCUT2D eigenvalue weighted by Gasteiger charge is -2.41. The molecule has 1 unspecified atom stereocenters. The van der Waals surface area contributed by atoms with Crippen LogP contribution in [0, 0.1) is 0 Å². The Morgan fingerprint density at radius 1 is 1.21 bits per heavy atom. The van der Waals surface area contributed by atoms with Crippen molar-refractivity contribution in [3.05, 3.63) is 63.3 Å². The molecular weight excluding hydrogens is 362 g/mol. The first-order chi connectivity index (χ1) is 13.8. The summed E-state index contributed by atoms with van der Waals surface area (Å²) < 4.78 is 0. The van der Waals surface area contributed by atoms with Crippen molar-refractivity contribution in [1.29, 1.82) is 0 Å². The Morgan fingerprint density at radius 3 is 2.69 bits per heavy atom. The van der Waals surface area contributed by atoms with E-state index in [0.717, 1.165) is 55.7 Å². The number of aryl methyl sites for hydroxylation is 1. The molecule has 2 heterocycles. The molecule has 1 spiro atoms. The van der Waals surface area contributed by atoms with Gasteiger partial charge in [0.1, 0.15) is 5.82 Å². The van der Waals surface area contributed by atoms with Gasteiger partial charge in [0.05, 0.1) is 5.69 Å². The summed E-state index contributed by atoms with van der Waals surface area (Å²) in [5.74, 6) is 0.956. The molecule has 1 aliphatic carbocycles. The standard InChI is InChI=1S/C24H31N3O2/c1-23(2,3)22-25-20-18(21(29)26-22)12-14-24(20)13-7-15-27(16-24)19(28)11-10-17-8-5-4-6-9-17/h4-6,8-9H,7,10-16H2,1-3H3,(H,25,26,29). The van der Waals surface area contributed by atoms with Gasteiger partial charge in [0.15, 0.2) is 0 Å². The van der Waals surface area contributed by atoms with E-state index in [2.05, 4.69) is 37.9 Å². The lowest BCUT2D eigenvalue weighted by molar-refractivity contribution is -0.133. The molecule has 1 fully saturated rings. The van der Waals surface area contributed by atoms with Crippen LogP contribution in [0.1, 0.15) is 69.1 Å². The van der Waals surface area contributed by atoms with Gasteiger partial charge < -0.3 is 9.88 Å². The number of hydrogen-bond donors (Lipinski definition) is 1. The van der Waals surface area contributed by atoms with Crippen molar-refractivity contribution in [3.8, 4) is 0 Å². The van der Waals surface area contributed by atoms with E-state index in [-0.39, 0.29) is 22.3 Å². The van der Waals surface area contributed by atoms with Gasteiger partial charge >= 0.3 is 0 Å². The average Bonchev–Trinajstić information content (AvgIpc) is 3.04. The van der Waals surface area contributed by atoms with Crippen molar-refractivity contribution >= 4 is 5.91 Å². The molecule has 5 heteroatoms. The number of carbonyl (C=O) groups is 1. The lowest BCUT2D eigenvalue weighted by Crippen LogP contribution is -2.48. The second-order valence-electron chi connectivity index (χ2n) is 9.68. The number of carbonyl (C=O) groups excluding carboxylic acids is 1. The summed E-state index contributed by atoms with van der Waals surface area (Å²) in [6.07, 6.45) is 4.94. The van der Waals surface area contributed by atoms with Crippen LogP contribution >= 0.6 is 0 Å². The second kappa shape index (κ2) is 7.43. The molecule has 5 nitrogen and oxygen atoms in total. The first-order valence-electron chi connectivity index (χ1n) is 10.7. The predicted molar refractivity (Wildman–Crippen MR) is 114 cm³/mol. The number of aromatic nitrogens is 2. The molecule has 154 valence electrons. The van der Waals surface area contributed by atoms with Crippen molar-refractivity contribution in [2.75, 3.05) is 13.1 Å². The van der Waals surface area contributed by atoms with Gasteiger partial charge in [-0.15, -0.1) is 0 Å². The lowest BCUT2D eigenvalue weighted by atomic mass is 9.77. The Balaban J connectivity index is 1.55. The van der Waals surface area contributed by atoms with Crippen LogP contribution in [0.4, 0.5) is 0 Å². The van der Waals surface area contributed by atoms with Gasteiger partial charge in [0, 0.05) is 35.9 Å². The molecule has 4 rings (SSSR count). The van der Waals surface area contributed by atoms with Crippen LogP contribution < -0.4 is 5.56 Å². The topological polar surface area (TPSA) is 66.1 Å². The van der Waals surface area contributed by atoms with Gasteiger partial charge in [0.2, 0.25) is 5.91 Å². The Hall–Kier alpha value is -2.43. The third-order valence-electron chi connectivity index (χ3n) is 6.48. The van der Waals surface area contributed by atoms with E-state index in [0.29, 0.717) is 13.0 Å². The molecular formula is C24H31N3O2. The molecule has 1 aromatic carbocycles. The highest BCUT2D eigenvalue weighted by atomic mass is 16.2. The monoisotopic (exact) mass is 393 g/mol. The molecule has 0 radical (unpaired) electrons. The molecule has 1 aromatic heterocycles. The van der Waals surface area contributed by atoms with Gasteiger partial charge in [-0.1, -0.05) is 51.1 Å². The van der Waals surface area contributed by atoms with Crippen LogP contribution in [0.5, 0.6) is 0 Å². The van der Waals surface area contributed by atoms with E-state index in [4.69, 9.17) is 4.98 Å². The molecule has 1 amide bonds. The Morgan fingerprint density at radius 2 is 1.97 bits per heavy atom. The number of amides is 1. The Bertz CT molecular complexity index is 958. The summed E-state index contributed by atoms with van der Waals surface area (Å²) in [4.78, 5) is 35.6. The zero-order valence-corrected chi connectivity index (χ0v) is 17.8. The first kappa shape index (κ1) is 19.9. The number of aromatic amines is 1. The highest BCUT2D eigenvalue weighted by Gasteiger charge is 2.45. The molecule has 2 aromatic rings. The molecule has 1 aliphatic heterocycles. The quantitative estimate of drug-likeness (QED) is 0.868. The number of benzene rings is 1. The molecule has 1 saturated heterocycles. The van der Waals surface area contributed by atoms with Crippen LogP contribution in [0.3, 0.4) is 0 Å².